The molecule has 0 radical (unpaired) electrons. The SMILES string of the molecule is C[C@H]1[C@H](NS(=O)(=O)c2ccc(-c3cn4ccccc4n3)s2)[C@H]1c1ccccc1. The molecule has 0 amide bonds. The van der Waals surface area contributed by atoms with Crippen molar-refractivity contribution >= 4 is 27.0 Å². The van der Waals surface area contributed by atoms with Crippen molar-refractivity contribution in [2.75, 3.05) is 0 Å². The van der Waals surface area contributed by atoms with Crippen LogP contribution in [0.4, 0.5) is 0 Å². The van der Waals surface area contributed by atoms with Gasteiger partial charge in [-0.1, -0.05) is 43.3 Å². The Morgan fingerprint density at radius 3 is 2.61 bits per heavy atom. The molecule has 5 rings (SSSR count). The van der Waals surface area contributed by atoms with Crippen molar-refractivity contribution in [2.24, 2.45) is 5.92 Å². The number of nitrogens with zero attached hydrogens (tertiary/aromatic N) is 2. The molecule has 1 aliphatic carbocycles. The van der Waals surface area contributed by atoms with Crippen molar-refractivity contribution in [3.05, 3.63) is 78.6 Å². The molecule has 1 N–H and O–H groups in total. The van der Waals surface area contributed by atoms with Crippen LogP contribution in [0.5, 0.6) is 0 Å². The molecule has 0 aliphatic heterocycles. The molecule has 1 fully saturated rings. The van der Waals surface area contributed by atoms with E-state index >= 15 is 0 Å². The van der Waals surface area contributed by atoms with Crippen LogP contribution in [0.1, 0.15) is 18.4 Å². The van der Waals surface area contributed by atoms with Gasteiger partial charge in [0.05, 0.1) is 10.6 Å². The minimum atomic E-state index is -3.55. The number of nitrogens with one attached hydrogen (secondary N) is 1. The second-order valence-corrected chi connectivity index (χ2v) is 10.2. The lowest BCUT2D eigenvalue weighted by molar-refractivity contribution is 0.580. The Kier molecular flexibility index (Phi) is 4.12. The molecule has 3 atom stereocenters. The van der Waals surface area contributed by atoms with Crippen LogP contribution in [0.25, 0.3) is 16.2 Å². The van der Waals surface area contributed by atoms with E-state index in [1.807, 2.05) is 59.3 Å². The van der Waals surface area contributed by atoms with E-state index in [1.165, 1.54) is 16.9 Å². The summed E-state index contributed by atoms with van der Waals surface area (Å²) in [5, 5.41) is 0. The fourth-order valence-electron chi connectivity index (χ4n) is 3.72. The summed E-state index contributed by atoms with van der Waals surface area (Å²) < 4.78 is 30.9. The van der Waals surface area contributed by atoms with Crippen molar-refractivity contribution in [1.82, 2.24) is 14.1 Å². The van der Waals surface area contributed by atoms with Gasteiger partial charge in [-0.25, -0.2) is 18.1 Å². The van der Waals surface area contributed by atoms with E-state index in [1.54, 1.807) is 6.07 Å². The zero-order chi connectivity index (χ0) is 19.3. The van der Waals surface area contributed by atoms with E-state index in [2.05, 4.69) is 28.8 Å². The van der Waals surface area contributed by atoms with Gasteiger partial charge in [0.25, 0.3) is 0 Å². The van der Waals surface area contributed by atoms with Gasteiger partial charge in [-0.05, 0) is 35.7 Å². The Bertz CT molecular complexity index is 1210. The van der Waals surface area contributed by atoms with Crippen LogP contribution in [-0.2, 0) is 10.0 Å². The first-order chi connectivity index (χ1) is 13.5. The quantitative estimate of drug-likeness (QED) is 0.539. The van der Waals surface area contributed by atoms with E-state index in [0.29, 0.717) is 4.21 Å². The molecular weight excluding hydrogens is 390 g/mol. The van der Waals surface area contributed by atoms with Crippen LogP contribution < -0.4 is 4.72 Å². The van der Waals surface area contributed by atoms with Gasteiger partial charge < -0.3 is 4.40 Å². The van der Waals surface area contributed by atoms with Crippen LogP contribution in [0.3, 0.4) is 0 Å². The largest absolute Gasteiger partial charge is 0.306 e. The molecule has 1 aliphatic rings. The van der Waals surface area contributed by atoms with Crippen molar-refractivity contribution in [1.29, 1.82) is 0 Å². The second kappa shape index (κ2) is 6.55. The van der Waals surface area contributed by atoms with E-state index in [4.69, 9.17) is 0 Å². The second-order valence-electron chi connectivity index (χ2n) is 7.15. The summed E-state index contributed by atoms with van der Waals surface area (Å²) in [7, 11) is -3.55. The summed E-state index contributed by atoms with van der Waals surface area (Å²) in [6.45, 7) is 2.08. The molecule has 0 saturated heterocycles. The Balaban J connectivity index is 1.37. The van der Waals surface area contributed by atoms with Crippen LogP contribution in [0.2, 0.25) is 0 Å². The summed E-state index contributed by atoms with van der Waals surface area (Å²) in [5.74, 6) is 0.517. The summed E-state index contributed by atoms with van der Waals surface area (Å²) in [6, 6.07) is 19.3. The van der Waals surface area contributed by atoms with Crippen LogP contribution in [0.15, 0.2) is 77.3 Å². The van der Waals surface area contributed by atoms with Crippen molar-refractivity contribution in [2.45, 2.75) is 23.1 Å². The first-order valence-electron chi connectivity index (χ1n) is 9.14. The van der Waals surface area contributed by atoms with E-state index < -0.39 is 10.0 Å². The minimum absolute atomic E-state index is 0.0619. The molecule has 0 bridgehead atoms. The maximum Gasteiger partial charge on any atom is 0.250 e. The molecular formula is C21H19N3O2S2. The maximum atomic E-state index is 12.9. The number of rotatable bonds is 5. The third-order valence-corrected chi connectivity index (χ3v) is 8.38. The number of fused-ring (bicyclic) bond motifs is 1. The van der Waals surface area contributed by atoms with Gasteiger partial charge >= 0.3 is 0 Å². The number of thiophene rings is 1. The average Bonchev–Trinajstić information content (AvgIpc) is 3.12. The predicted octanol–water partition coefficient (Wildman–Crippen LogP) is 4.14. The molecule has 0 spiro atoms. The van der Waals surface area contributed by atoms with Gasteiger partial charge in [0.2, 0.25) is 10.0 Å². The lowest BCUT2D eigenvalue weighted by atomic mass is 10.1. The topological polar surface area (TPSA) is 63.5 Å². The lowest BCUT2D eigenvalue weighted by Crippen LogP contribution is -2.27. The summed E-state index contributed by atoms with van der Waals surface area (Å²) in [5.41, 5.74) is 2.80. The molecule has 3 aromatic heterocycles. The average molecular weight is 410 g/mol. The Morgan fingerprint density at radius 1 is 1.04 bits per heavy atom. The van der Waals surface area contributed by atoms with Crippen molar-refractivity contribution < 1.29 is 8.42 Å². The fourth-order valence-corrected chi connectivity index (χ4v) is 6.35. The van der Waals surface area contributed by atoms with Crippen LogP contribution in [0, 0.1) is 5.92 Å². The van der Waals surface area contributed by atoms with E-state index in [-0.39, 0.29) is 17.9 Å². The van der Waals surface area contributed by atoms with Gasteiger partial charge in [-0.3, -0.25) is 0 Å². The molecule has 5 nitrogen and oxygen atoms in total. The third kappa shape index (κ3) is 3.05. The highest BCUT2D eigenvalue weighted by Crippen LogP contribution is 2.48. The highest BCUT2D eigenvalue weighted by atomic mass is 32.2. The van der Waals surface area contributed by atoms with E-state index in [9.17, 15) is 8.42 Å². The fraction of sp³-hybridized carbons (Fsp3) is 0.190. The monoisotopic (exact) mass is 409 g/mol. The summed E-state index contributed by atoms with van der Waals surface area (Å²) in [6.07, 6.45) is 3.84. The predicted molar refractivity (Wildman–Crippen MR) is 111 cm³/mol. The smallest absolute Gasteiger partial charge is 0.250 e. The highest BCUT2D eigenvalue weighted by Gasteiger charge is 2.49. The molecule has 1 saturated carbocycles. The zero-order valence-corrected chi connectivity index (χ0v) is 16.8. The number of sulfonamides is 1. The van der Waals surface area contributed by atoms with E-state index in [0.717, 1.165) is 16.2 Å². The van der Waals surface area contributed by atoms with Gasteiger partial charge in [-0.15, -0.1) is 11.3 Å². The standard InChI is InChI=1S/C21H19N3O2S2/c1-14-20(15-7-3-2-4-8-15)21(14)23-28(25,26)19-11-10-17(27-19)16-13-24-12-6-5-9-18(24)22-16/h2-14,20-21,23H,1H3/t14-,20-,21+/m1/s1. The number of imidazole rings is 1. The normalized spacial score (nSPS) is 21.8. The minimum Gasteiger partial charge on any atom is -0.306 e. The van der Waals surface area contributed by atoms with Gasteiger partial charge in [0.1, 0.15) is 9.86 Å². The molecule has 28 heavy (non-hydrogen) atoms. The highest BCUT2D eigenvalue weighted by molar-refractivity contribution is 7.91. The zero-order valence-electron chi connectivity index (χ0n) is 15.2. The first kappa shape index (κ1) is 17.6. The number of hydrogen-bond donors (Lipinski definition) is 1. The molecule has 0 unspecified atom stereocenters. The lowest BCUT2D eigenvalue weighted by Gasteiger charge is -2.04. The number of aromatic nitrogens is 2. The molecule has 4 aromatic rings. The summed E-state index contributed by atoms with van der Waals surface area (Å²) >= 11 is 1.25. The summed E-state index contributed by atoms with van der Waals surface area (Å²) in [4.78, 5) is 5.41. The van der Waals surface area contributed by atoms with Crippen molar-refractivity contribution in [3.63, 3.8) is 0 Å². The van der Waals surface area contributed by atoms with Gasteiger partial charge in [-0.2, -0.15) is 0 Å². The van der Waals surface area contributed by atoms with Gasteiger partial charge in [0.15, 0.2) is 0 Å². The number of benzene rings is 1. The first-order valence-corrected chi connectivity index (χ1v) is 11.4. The number of hydrogen-bond acceptors (Lipinski definition) is 4. The molecule has 142 valence electrons. The Morgan fingerprint density at radius 2 is 1.82 bits per heavy atom. The van der Waals surface area contributed by atoms with Crippen molar-refractivity contribution in [3.8, 4) is 10.6 Å². The van der Waals surface area contributed by atoms with Gasteiger partial charge in [0, 0.05) is 24.4 Å². The molecule has 1 aromatic carbocycles. The van der Waals surface area contributed by atoms with Crippen LogP contribution in [-0.4, -0.2) is 23.8 Å². The van der Waals surface area contributed by atoms with Crippen LogP contribution >= 0.6 is 11.3 Å². The number of pyridine rings is 1. The third-order valence-electron chi connectivity index (χ3n) is 5.32. The Hall–Kier alpha value is -2.48. The Labute approximate surface area is 167 Å². The molecule has 7 heteroatoms. The molecule has 3 heterocycles. The maximum absolute atomic E-state index is 12.9.